The predicted octanol–water partition coefficient (Wildman–Crippen LogP) is 4.50. The van der Waals surface area contributed by atoms with Crippen LogP contribution in [0.4, 0.5) is 0 Å². The molecule has 4 aromatic rings. The van der Waals surface area contributed by atoms with Crippen LogP contribution in [0.25, 0.3) is 11.0 Å². The molecule has 2 atom stereocenters. The van der Waals surface area contributed by atoms with E-state index in [1.807, 2.05) is 49.5 Å². The lowest BCUT2D eigenvalue weighted by molar-refractivity contribution is 0.0131. The van der Waals surface area contributed by atoms with Crippen LogP contribution in [0.2, 0.25) is 0 Å². The first-order chi connectivity index (χ1) is 18.3. The van der Waals surface area contributed by atoms with Gasteiger partial charge in [-0.15, -0.1) is 0 Å². The van der Waals surface area contributed by atoms with Crippen LogP contribution in [-0.4, -0.2) is 53.9 Å². The van der Waals surface area contributed by atoms with Gasteiger partial charge in [-0.3, -0.25) is 19.2 Å². The Labute approximate surface area is 222 Å². The molecule has 7 rings (SSSR count). The molecule has 1 amide bonds. The number of nitrogens with one attached hydrogen (secondary N) is 1. The summed E-state index contributed by atoms with van der Waals surface area (Å²) in [7, 11) is -4.02. The number of hydrogen-bond acceptors (Lipinski definition) is 6. The van der Waals surface area contributed by atoms with Crippen LogP contribution in [0.15, 0.2) is 88.4 Å². The van der Waals surface area contributed by atoms with Crippen molar-refractivity contribution in [1.29, 1.82) is 0 Å². The molecule has 0 aliphatic carbocycles. The Bertz CT molecular complexity index is 1460. The number of benzene rings is 2. The average molecular weight is 534 g/mol. The topological polar surface area (TPSA) is 113 Å². The maximum Gasteiger partial charge on any atom is 0.294 e. The Balaban J connectivity index is 0.000000226. The maximum absolute atomic E-state index is 12.9. The van der Waals surface area contributed by atoms with Crippen molar-refractivity contribution < 1.29 is 22.2 Å². The molecule has 0 spiro atoms. The number of aromatic nitrogens is 1. The summed E-state index contributed by atoms with van der Waals surface area (Å²) >= 11 is 0. The Kier molecular flexibility index (Phi) is 7.60. The molecule has 198 valence electrons. The van der Waals surface area contributed by atoms with E-state index >= 15 is 0 Å². The van der Waals surface area contributed by atoms with Crippen molar-refractivity contribution in [2.75, 3.05) is 13.1 Å². The predicted molar refractivity (Wildman–Crippen MR) is 144 cm³/mol. The smallest absolute Gasteiger partial charge is 0.294 e. The van der Waals surface area contributed by atoms with E-state index in [4.69, 9.17) is 8.97 Å². The van der Waals surface area contributed by atoms with Gasteiger partial charge in [0.05, 0.1) is 4.90 Å². The summed E-state index contributed by atoms with van der Waals surface area (Å²) in [5, 5.41) is 4.26. The summed E-state index contributed by atoms with van der Waals surface area (Å²) in [6, 6.07) is 20.1. The highest BCUT2D eigenvalue weighted by molar-refractivity contribution is 7.85. The minimum Gasteiger partial charge on any atom is -0.451 e. The first-order valence-corrected chi connectivity index (χ1v) is 14.2. The number of para-hydroxylation sites is 1. The molecule has 3 aliphatic heterocycles. The molecule has 3 aliphatic rings. The molecule has 2 N–H and O–H groups in total. The molecule has 2 bridgehead atoms. The Morgan fingerprint density at radius 1 is 1.08 bits per heavy atom. The van der Waals surface area contributed by atoms with E-state index in [9.17, 15) is 13.2 Å². The molecular formula is C29H31N3O5S. The molecular weight excluding hydrogens is 502 g/mol. The van der Waals surface area contributed by atoms with Crippen molar-refractivity contribution in [3.8, 4) is 0 Å². The number of hydrogen-bond donors (Lipinski definition) is 2. The number of pyridine rings is 1. The monoisotopic (exact) mass is 533 g/mol. The van der Waals surface area contributed by atoms with Crippen LogP contribution in [0.3, 0.4) is 0 Å². The van der Waals surface area contributed by atoms with Crippen molar-refractivity contribution in [3.05, 3.63) is 96.0 Å². The second-order valence-electron chi connectivity index (χ2n) is 9.94. The number of piperidine rings is 3. The molecule has 8 nitrogen and oxygen atoms in total. The number of aryl methyl sites for hydroxylation is 1. The van der Waals surface area contributed by atoms with E-state index in [1.165, 1.54) is 17.7 Å². The van der Waals surface area contributed by atoms with E-state index in [2.05, 4.69) is 21.3 Å². The van der Waals surface area contributed by atoms with E-state index < -0.39 is 10.1 Å². The molecule has 9 heteroatoms. The summed E-state index contributed by atoms with van der Waals surface area (Å²) < 4.78 is 35.3. The minimum absolute atomic E-state index is 0.0666. The molecule has 2 aromatic heterocycles. The summed E-state index contributed by atoms with van der Waals surface area (Å²) in [6.45, 7) is 4.08. The largest absolute Gasteiger partial charge is 0.451 e. The van der Waals surface area contributed by atoms with Gasteiger partial charge in [0.1, 0.15) is 5.58 Å². The Morgan fingerprint density at radius 3 is 2.47 bits per heavy atom. The van der Waals surface area contributed by atoms with Gasteiger partial charge in [-0.1, -0.05) is 42.0 Å². The van der Waals surface area contributed by atoms with E-state index in [-0.39, 0.29) is 16.8 Å². The number of nitrogens with zero attached hydrogens (tertiary/aromatic N) is 2. The molecule has 38 heavy (non-hydrogen) atoms. The van der Waals surface area contributed by atoms with Gasteiger partial charge >= 0.3 is 0 Å². The molecule has 0 radical (unpaired) electrons. The Hall–Kier alpha value is -3.53. The van der Waals surface area contributed by atoms with Gasteiger partial charge in [0, 0.05) is 29.9 Å². The number of furan rings is 1. The molecule has 0 unspecified atom stereocenters. The van der Waals surface area contributed by atoms with Crippen molar-refractivity contribution in [3.63, 3.8) is 0 Å². The average Bonchev–Trinajstić information content (AvgIpc) is 3.36. The summed E-state index contributed by atoms with van der Waals surface area (Å²) in [5.74, 6) is 0.818. The fourth-order valence-electron chi connectivity index (χ4n) is 5.41. The van der Waals surface area contributed by atoms with Crippen LogP contribution < -0.4 is 5.32 Å². The molecule has 3 fully saturated rings. The first kappa shape index (κ1) is 26.1. The van der Waals surface area contributed by atoms with E-state index in [1.54, 1.807) is 18.3 Å². The summed E-state index contributed by atoms with van der Waals surface area (Å²) in [4.78, 5) is 19.6. The third-order valence-corrected chi connectivity index (χ3v) is 8.27. The second kappa shape index (κ2) is 11.1. The van der Waals surface area contributed by atoms with Gasteiger partial charge < -0.3 is 9.73 Å². The van der Waals surface area contributed by atoms with Gasteiger partial charge in [0.15, 0.2) is 5.76 Å². The standard InChI is InChI=1S/C22H23N3O2.C7H8O3S/c26-22(20-13-17-5-1-2-6-19(17)27-20)24-21-16-7-10-25(11-8-16)18(21)12-15-4-3-9-23-14-15;1-6-2-4-7(5-3-6)11(8,9)10/h1-6,9,13-14,16,18,21H,7-8,10-12H2,(H,24,26);2-5H,1H3,(H,8,9,10)/t18-,21+;/m0./s1. The zero-order valence-electron chi connectivity index (χ0n) is 21.2. The number of amides is 1. The fourth-order valence-corrected chi connectivity index (χ4v) is 5.89. The SMILES string of the molecule is Cc1ccc(S(=O)(=O)O)cc1.O=C(N[C@@H]1C2CCN(CC2)[C@H]1Cc1cccnc1)c1cc2ccccc2o1. The first-order valence-electron chi connectivity index (χ1n) is 12.7. The van der Waals surface area contributed by atoms with Gasteiger partial charge in [0.2, 0.25) is 0 Å². The third-order valence-electron chi connectivity index (χ3n) is 7.40. The lowest BCUT2D eigenvalue weighted by Gasteiger charge is -2.51. The number of rotatable bonds is 5. The second-order valence-corrected chi connectivity index (χ2v) is 11.4. The third kappa shape index (κ3) is 5.96. The van der Waals surface area contributed by atoms with E-state index in [0.717, 1.165) is 48.9 Å². The molecule has 0 saturated carbocycles. The highest BCUT2D eigenvalue weighted by Crippen LogP contribution is 2.34. The van der Waals surface area contributed by atoms with Gasteiger partial charge in [0.25, 0.3) is 16.0 Å². The number of carbonyl (C=O) groups is 1. The van der Waals surface area contributed by atoms with Gasteiger partial charge in [-0.25, -0.2) is 0 Å². The zero-order valence-corrected chi connectivity index (χ0v) is 22.0. The lowest BCUT2D eigenvalue weighted by Crippen LogP contribution is -2.64. The summed E-state index contributed by atoms with van der Waals surface area (Å²) in [5.41, 5.74) is 2.93. The number of carbonyl (C=O) groups excluding carboxylic acids is 1. The Morgan fingerprint density at radius 2 is 1.82 bits per heavy atom. The van der Waals surface area contributed by atoms with Crippen molar-refractivity contribution in [2.45, 2.75) is 43.2 Å². The van der Waals surface area contributed by atoms with Crippen LogP contribution >= 0.6 is 0 Å². The quantitative estimate of drug-likeness (QED) is 0.363. The highest BCUT2D eigenvalue weighted by Gasteiger charge is 2.43. The fraction of sp³-hybridized carbons (Fsp3) is 0.310. The number of fused-ring (bicyclic) bond motifs is 4. The van der Waals surface area contributed by atoms with Crippen LogP contribution in [0.1, 0.15) is 34.5 Å². The minimum atomic E-state index is -4.02. The zero-order chi connectivity index (χ0) is 26.7. The van der Waals surface area contributed by atoms with Crippen LogP contribution in [0.5, 0.6) is 0 Å². The van der Waals surface area contributed by atoms with Crippen molar-refractivity contribution in [1.82, 2.24) is 15.2 Å². The van der Waals surface area contributed by atoms with Crippen LogP contribution in [-0.2, 0) is 16.5 Å². The van der Waals surface area contributed by atoms with E-state index in [0.29, 0.717) is 17.7 Å². The molecule has 2 aromatic carbocycles. The van der Waals surface area contributed by atoms with Crippen molar-refractivity contribution in [2.24, 2.45) is 5.92 Å². The molecule has 3 saturated heterocycles. The lowest BCUT2D eigenvalue weighted by atomic mass is 9.76. The normalized spacial score (nSPS) is 22.5. The molecule has 5 heterocycles. The van der Waals surface area contributed by atoms with Crippen molar-refractivity contribution >= 4 is 27.0 Å². The van der Waals surface area contributed by atoms with Gasteiger partial charge in [-0.2, -0.15) is 8.42 Å². The highest BCUT2D eigenvalue weighted by atomic mass is 32.2. The summed E-state index contributed by atoms with van der Waals surface area (Å²) in [6.07, 6.45) is 6.94. The maximum atomic E-state index is 12.9. The van der Waals surface area contributed by atoms with Crippen LogP contribution in [0, 0.1) is 12.8 Å². The van der Waals surface area contributed by atoms with Gasteiger partial charge in [-0.05, 0) is 81.1 Å².